The van der Waals surface area contributed by atoms with E-state index in [1.54, 1.807) is 5.38 Å². The molecule has 1 heterocycles. The van der Waals surface area contributed by atoms with E-state index in [0.29, 0.717) is 12.2 Å². The van der Waals surface area contributed by atoms with Crippen molar-refractivity contribution in [1.29, 1.82) is 0 Å². The lowest BCUT2D eigenvalue weighted by Crippen LogP contribution is -2.26. The standard InChI is InChI=1S/C7H9N5OS/c1-5-11-6(4-14-5)7(13)9-2-3-10-12-8/h4H,2-3H2,1H3,(H,9,13). The Balaban J connectivity index is 2.39. The summed E-state index contributed by atoms with van der Waals surface area (Å²) < 4.78 is 0. The van der Waals surface area contributed by atoms with Gasteiger partial charge in [0.1, 0.15) is 5.69 Å². The Morgan fingerprint density at radius 2 is 2.64 bits per heavy atom. The van der Waals surface area contributed by atoms with Crippen LogP contribution in [0, 0.1) is 6.92 Å². The fourth-order valence-corrected chi connectivity index (χ4v) is 1.42. The lowest BCUT2D eigenvalue weighted by Gasteiger charge is -1.98. The Bertz CT molecular complexity index is 368. The van der Waals surface area contributed by atoms with E-state index >= 15 is 0 Å². The third kappa shape index (κ3) is 3.04. The van der Waals surface area contributed by atoms with Crippen LogP contribution >= 0.6 is 11.3 Å². The summed E-state index contributed by atoms with van der Waals surface area (Å²) in [7, 11) is 0. The Labute approximate surface area is 84.6 Å². The predicted octanol–water partition coefficient (Wildman–Crippen LogP) is 1.49. The highest BCUT2D eigenvalue weighted by atomic mass is 32.1. The first-order chi connectivity index (χ1) is 6.74. The molecule has 0 aliphatic rings. The highest BCUT2D eigenvalue weighted by Crippen LogP contribution is 2.07. The number of nitrogens with one attached hydrogen (secondary N) is 1. The minimum Gasteiger partial charge on any atom is -0.351 e. The molecule has 74 valence electrons. The molecule has 1 N–H and O–H groups in total. The molecule has 0 unspecified atom stereocenters. The number of aryl methyl sites for hydroxylation is 1. The molecular formula is C7H9N5OS. The van der Waals surface area contributed by atoms with Crippen LogP contribution in [-0.2, 0) is 0 Å². The number of nitrogens with zero attached hydrogens (tertiary/aromatic N) is 4. The maximum atomic E-state index is 11.3. The lowest BCUT2D eigenvalue weighted by atomic mass is 10.4. The van der Waals surface area contributed by atoms with Crippen molar-refractivity contribution in [3.05, 3.63) is 26.5 Å². The molecule has 1 amide bonds. The summed E-state index contributed by atoms with van der Waals surface area (Å²) >= 11 is 1.42. The molecule has 0 radical (unpaired) electrons. The van der Waals surface area contributed by atoms with E-state index in [9.17, 15) is 4.79 Å². The molecule has 0 bridgehead atoms. The van der Waals surface area contributed by atoms with Gasteiger partial charge >= 0.3 is 0 Å². The molecule has 1 aromatic rings. The number of hydrogen-bond donors (Lipinski definition) is 1. The van der Waals surface area contributed by atoms with Gasteiger partial charge in [-0.1, -0.05) is 5.11 Å². The molecular weight excluding hydrogens is 202 g/mol. The average molecular weight is 211 g/mol. The highest BCUT2D eigenvalue weighted by molar-refractivity contribution is 7.09. The normalized spacial score (nSPS) is 9.21. The summed E-state index contributed by atoms with van der Waals surface area (Å²) in [5.74, 6) is -0.234. The van der Waals surface area contributed by atoms with Crippen molar-refractivity contribution in [2.75, 3.05) is 13.1 Å². The number of carbonyl (C=O) groups excluding carboxylic acids is 1. The molecule has 0 saturated carbocycles. The second-order valence-corrected chi connectivity index (χ2v) is 3.52. The maximum Gasteiger partial charge on any atom is 0.270 e. The molecule has 7 heteroatoms. The smallest absolute Gasteiger partial charge is 0.270 e. The van der Waals surface area contributed by atoms with E-state index in [2.05, 4.69) is 20.3 Å². The summed E-state index contributed by atoms with van der Waals surface area (Å²) in [4.78, 5) is 17.9. The number of rotatable bonds is 4. The second-order valence-electron chi connectivity index (χ2n) is 2.46. The summed E-state index contributed by atoms with van der Waals surface area (Å²) in [6.07, 6.45) is 0. The highest BCUT2D eigenvalue weighted by Gasteiger charge is 2.07. The predicted molar refractivity (Wildman–Crippen MR) is 53.2 cm³/mol. The fraction of sp³-hybridized carbons (Fsp3) is 0.429. The van der Waals surface area contributed by atoms with Crippen LogP contribution < -0.4 is 5.32 Å². The van der Waals surface area contributed by atoms with E-state index in [4.69, 9.17) is 5.53 Å². The zero-order chi connectivity index (χ0) is 10.4. The van der Waals surface area contributed by atoms with Crippen LogP contribution in [0.25, 0.3) is 10.4 Å². The quantitative estimate of drug-likeness (QED) is 0.354. The summed E-state index contributed by atoms with van der Waals surface area (Å²) in [5.41, 5.74) is 8.40. The van der Waals surface area contributed by atoms with Gasteiger partial charge in [-0.05, 0) is 12.5 Å². The van der Waals surface area contributed by atoms with Crippen LogP contribution in [0.1, 0.15) is 15.5 Å². The van der Waals surface area contributed by atoms with Crippen LogP contribution in [-0.4, -0.2) is 24.0 Å². The van der Waals surface area contributed by atoms with E-state index < -0.39 is 0 Å². The van der Waals surface area contributed by atoms with Crippen molar-refractivity contribution >= 4 is 17.2 Å². The van der Waals surface area contributed by atoms with Gasteiger partial charge in [0.2, 0.25) is 0 Å². The number of hydrogen-bond acceptors (Lipinski definition) is 4. The topological polar surface area (TPSA) is 90.8 Å². The zero-order valence-electron chi connectivity index (χ0n) is 7.60. The first kappa shape index (κ1) is 10.5. The van der Waals surface area contributed by atoms with Crippen LogP contribution in [0.3, 0.4) is 0 Å². The second kappa shape index (κ2) is 5.21. The summed E-state index contributed by atoms with van der Waals surface area (Å²) in [6.45, 7) is 2.42. The third-order valence-corrected chi connectivity index (χ3v) is 2.19. The molecule has 1 aromatic heterocycles. The fourth-order valence-electron chi connectivity index (χ4n) is 0.822. The Kier molecular flexibility index (Phi) is 3.90. The van der Waals surface area contributed by atoms with E-state index in [1.807, 2.05) is 6.92 Å². The monoisotopic (exact) mass is 211 g/mol. The minimum absolute atomic E-state index is 0.234. The van der Waals surface area contributed by atoms with Gasteiger partial charge in [0, 0.05) is 23.4 Å². The number of azide groups is 1. The minimum atomic E-state index is -0.234. The molecule has 0 aliphatic carbocycles. The number of carbonyl (C=O) groups is 1. The zero-order valence-corrected chi connectivity index (χ0v) is 8.41. The van der Waals surface area contributed by atoms with Crippen molar-refractivity contribution in [3.8, 4) is 0 Å². The van der Waals surface area contributed by atoms with Crippen molar-refractivity contribution in [2.45, 2.75) is 6.92 Å². The Hall–Kier alpha value is -1.59. The van der Waals surface area contributed by atoms with E-state index in [-0.39, 0.29) is 12.5 Å². The Morgan fingerprint density at radius 1 is 1.86 bits per heavy atom. The van der Waals surface area contributed by atoms with Gasteiger partial charge in [0.15, 0.2) is 0 Å². The number of aromatic nitrogens is 1. The molecule has 6 nitrogen and oxygen atoms in total. The van der Waals surface area contributed by atoms with Gasteiger partial charge in [-0.25, -0.2) is 4.98 Å². The first-order valence-electron chi connectivity index (χ1n) is 3.95. The van der Waals surface area contributed by atoms with Gasteiger partial charge < -0.3 is 5.32 Å². The lowest BCUT2D eigenvalue weighted by molar-refractivity contribution is 0.0950. The van der Waals surface area contributed by atoms with E-state index in [1.165, 1.54) is 11.3 Å². The molecule has 0 aromatic carbocycles. The van der Waals surface area contributed by atoms with Crippen molar-refractivity contribution in [1.82, 2.24) is 10.3 Å². The van der Waals surface area contributed by atoms with Crippen molar-refractivity contribution in [2.24, 2.45) is 5.11 Å². The summed E-state index contributed by atoms with van der Waals surface area (Å²) in [6, 6.07) is 0. The SMILES string of the molecule is Cc1nc(C(=O)NCCN=[N+]=[N-])cs1. The van der Waals surface area contributed by atoms with Crippen LogP contribution in [0.2, 0.25) is 0 Å². The number of amides is 1. The molecule has 0 atom stereocenters. The largest absolute Gasteiger partial charge is 0.351 e. The molecule has 0 saturated heterocycles. The van der Waals surface area contributed by atoms with Gasteiger partial charge in [-0.3, -0.25) is 4.79 Å². The Morgan fingerprint density at radius 3 is 3.21 bits per heavy atom. The maximum absolute atomic E-state index is 11.3. The van der Waals surface area contributed by atoms with Crippen LogP contribution in [0.15, 0.2) is 10.5 Å². The van der Waals surface area contributed by atoms with Crippen molar-refractivity contribution in [3.63, 3.8) is 0 Å². The van der Waals surface area contributed by atoms with Crippen LogP contribution in [0.5, 0.6) is 0 Å². The summed E-state index contributed by atoms with van der Waals surface area (Å²) in [5, 5.41) is 8.42. The third-order valence-electron chi connectivity index (χ3n) is 1.41. The van der Waals surface area contributed by atoms with Gasteiger partial charge in [-0.15, -0.1) is 11.3 Å². The van der Waals surface area contributed by atoms with Gasteiger partial charge in [-0.2, -0.15) is 0 Å². The molecule has 0 spiro atoms. The first-order valence-corrected chi connectivity index (χ1v) is 4.83. The van der Waals surface area contributed by atoms with Crippen LogP contribution in [0.4, 0.5) is 0 Å². The molecule has 14 heavy (non-hydrogen) atoms. The average Bonchev–Trinajstić information content (AvgIpc) is 2.59. The molecule has 1 rings (SSSR count). The van der Waals surface area contributed by atoms with Crippen molar-refractivity contribution < 1.29 is 4.79 Å². The van der Waals surface area contributed by atoms with E-state index in [0.717, 1.165) is 5.01 Å². The number of thiazole rings is 1. The van der Waals surface area contributed by atoms with Gasteiger partial charge in [0.25, 0.3) is 5.91 Å². The molecule has 0 fully saturated rings. The molecule has 0 aliphatic heterocycles. The van der Waals surface area contributed by atoms with Gasteiger partial charge in [0.05, 0.1) is 5.01 Å².